The number of aryl methyl sites for hydroxylation is 1. The lowest BCUT2D eigenvalue weighted by Gasteiger charge is -2.25. The summed E-state index contributed by atoms with van der Waals surface area (Å²) in [5, 5.41) is 8.69. The normalized spacial score (nSPS) is 19.5. The van der Waals surface area contributed by atoms with Crippen LogP contribution in [0.1, 0.15) is 17.0 Å². The van der Waals surface area contributed by atoms with E-state index < -0.39 is 0 Å². The highest BCUT2D eigenvalue weighted by Gasteiger charge is 2.36. The molecular weight excluding hydrogens is 383 g/mol. The van der Waals surface area contributed by atoms with E-state index in [1.165, 1.54) is 0 Å². The van der Waals surface area contributed by atoms with Crippen LogP contribution in [0.3, 0.4) is 0 Å². The van der Waals surface area contributed by atoms with E-state index in [1.807, 2.05) is 19.4 Å². The third-order valence-electron chi connectivity index (χ3n) is 4.52. The van der Waals surface area contributed by atoms with Gasteiger partial charge in [-0.2, -0.15) is 5.10 Å². The second-order valence-electron chi connectivity index (χ2n) is 6.21. The first-order valence-electron chi connectivity index (χ1n) is 7.84. The summed E-state index contributed by atoms with van der Waals surface area (Å²) in [4.78, 5) is 14.6. The Hall–Kier alpha value is -1.27. The number of aromatic nitrogens is 2. The summed E-state index contributed by atoms with van der Waals surface area (Å²) >= 11 is 12.4. The number of halogens is 3. The van der Waals surface area contributed by atoms with Gasteiger partial charge in [0.2, 0.25) is 5.91 Å². The van der Waals surface area contributed by atoms with Gasteiger partial charge in [0.05, 0.1) is 12.1 Å². The Morgan fingerprint density at radius 2 is 2.04 bits per heavy atom. The maximum atomic E-state index is 12.9. The lowest BCUT2D eigenvalue weighted by Crippen LogP contribution is -2.35. The molecule has 0 aliphatic carbocycles. The molecule has 2 heterocycles. The lowest BCUT2D eigenvalue weighted by molar-refractivity contribution is -0.134. The first-order chi connectivity index (χ1) is 11.5. The van der Waals surface area contributed by atoms with Gasteiger partial charge < -0.3 is 10.2 Å². The van der Waals surface area contributed by atoms with Gasteiger partial charge in [0.15, 0.2) is 0 Å². The van der Waals surface area contributed by atoms with Crippen LogP contribution in [0.2, 0.25) is 10.0 Å². The molecule has 2 atom stereocenters. The van der Waals surface area contributed by atoms with E-state index in [0.29, 0.717) is 23.1 Å². The molecule has 0 bridgehead atoms. The van der Waals surface area contributed by atoms with Crippen LogP contribution in [0.25, 0.3) is 0 Å². The van der Waals surface area contributed by atoms with Crippen molar-refractivity contribution in [2.75, 3.05) is 20.1 Å². The molecule has 2 aromatic rings. The van der Waals surface area contributed by atoms with Crippen molar-refractivity contribution in [3.05, 3.63) is 51.8 Å². The van der Waals surface area contributed by atoms with E-state index in [0.717, 1.165) is 17.7 Å². The average Bonchev–Trinajstić information content (AvgIpc) is 3.18. The van der Waals surface area contributed by atoms with Crippen molar-refractivity contribution in [3.8, 4) is 0 Å². The largest absolute Gasteiger partial charge is 0.341 e. The number of benzene rings is 1. The standard InChI is InChI=1S/C17H20Cl2N4O.ClH/c1-22(10-14-15(18)4-3-5-16(14)19)17(24)13-8-20-7-12(13)11-6-21-23(2)9-11;/h3-6,9,12-13,20H,7-8,10H2,1-2H3;1H/t12-,13+;/m1./s1. The second kappa shape index (κ2) is 8.41. The number of nitrogens with one attached hydrogen (secondary N) is 1. The van der Waals surface area contributed by atoms with E-state index >= 15 is 0 Å². The molecule has 1 aromatic carbocycles. The van der Waals surface area contributed by atoms with Gasteiger partial charge in [-0.3, -0.25) is 9.48 Å². The quantitative estimate of drug-likeness (QED) is 0.853. The van der Waals surface area contributed by atoms with Gasteiger partial charge in [-0.15, -0.1) is 12.4 Å². The fourth-order valence-electron chi connectivity index (χ4n) is 3.20. The molecule has 0 spiro atoms. The summed E-state index contributed by atoms with van der Waals surface area (Å²) in [6, 6.07) is 5.38. The second-order valence-corrected chi connectivity index (χ2v) is 7.03. The van der Waals surface area contributed by atoms with Gasteiger partial charge in [-0.25, -0.2) is 0 Å². The number of hydrogen-bond acceptors (Lipinski definition) is 3. The zero-order chi connectivity index (χ0) is 17.3. The topological polar surface area (TPSA) is 50.2 Å². The number of carbonyl (C=O) groups excluding carboxylic acids is 1. The molecular formula is C17H21Cl3N4O. The Balaban J connectivity index is 0.00000225. The number of amides is 1. The van der Waals surface area contributed by atoms with Crippen LogP contribution < -0.4 is 5.32 Å². The molecule has 1 fully saturated rings. The molecule has 1 aliphatic heterocycles. The van der Waals surface area contributed by atoms with Crippen molar-refractivity contribution in [3.63, 3.8) is 0 Å². The summed E-state index contributed by atoms with van der Waals surface area (Å²) in [6.45, 7) is 1.84. The van der Waals surface area contributed by atoms with Gasteiger partial charge in [0.25, 0.3) is 0 Å². The smallest absolute Gasteiger partial charge is 0.227 e. The van der Waals surface area contributed by atoms with Crippen LogP contribution in [0.4, 0.5) is 0 Å². The van der Waals surface area contributed by atoms with Crippen molar-refractivity contribution in [1.82, 2.24) is 20.0 Å². The fraction of sp³-hybridized carbons (Fsp3) is 0.412. The minimum absolute atomic E-state index is 0. The van der Waals surface area contributed by atoms with Crippen molar-refractivity contribution in [2.24, 2.45) is 13.0 Å². The molecule has 0 unspecified atom stereocenters. The molecule has 1 saturated heterocycles. The Kier molecular flexibility index (Phi) is 6.74. The molecule has 8 heteroatoms. The highest BCUT2D eigenvalue weighted by molar-refractivity contribution is 6.36. The first kappa shape index (κ1) is 20.0. The highest BCUT2D eigenvalue weighted by atomic mass is 35.5. The Morgan fingerprint density at radius 1 is 1.36 bits per heavy atom. The molecule has 1 aromatic heterocycles. The van der Waals surface area contributed by atoms with Crippen LogP contribution in [-0.4, -0.2) is 40.7 Å². The van der Waals surface area contributed by atoms with E-state index in [-0.39, 0.29) is 30.2 Å². The van der Waals surface area contributed by atoms with Gasteiger partial charge in [0.1, 0.15) is 0 Å². The van der Waals surface area contributed by atoms with Crippen LogP contribution in [0, 0.1) is 5.92 Å². The van der Waals surface area contributed by atoms with Crippen molar-refractivity contribution in [2.45, 2.75) is 12.5 Å². The third-order valence-corrected chi connectivity index (χ3v) is 5.23. The maximum Gasteiger partial charge on any atom is 0.227 e. The molecule has 1 N–H and O–H groups in total. The minimum atomic E-state index is -0.111. The summed E-state index contributed by atoms with van der Waals surface area (Å²) in [6.07, 6.45) is 3.81. The molecule has 5 nitrogen and oxygen atoms in total. The number of hydrogen-bond donors (Lipinski definition) is 1. The molecule has 25 heavy (non-hydrogen) atoms. The number of carbonyl (C=O) groups is 1. The summed E-state index contributed by atoms with van der Waals surface area (Å²) in [5.74, 6) is 0.112. The monoisotopic (exact) mass is 402 g/mol. The van der Waals surface area contributed by atoms with Crippen LogP contribution >= 0.6 is 35.6 Å². The van der Waals surface area contributed by atoms with E-state index in [1.54, 1.807) is 34.8 Å². The molecule has 0 radical (unpaired) electrons. The Bertz CT molecular complexity index is 729. The lowest BCUT2D eigenvalue weighted by atomic mass is 9.90. The van der Waals surface area contributed by atoms with Gasteiger partial charge in [-0.1, -0.05) is 29.3 Å². The van der Waals surface area contributed by atoms with E-state index in [4.69, 9.17) is 23.2 Å². The molecule has 136 valence electrons. The molecule has 1 aliphatic rings. The fourth-order valence-corrected chi connectivity index (χ4v) is 3.72. The zero-order valence-electron chi connectivity index (χ0n) is 14.1. The SMILES string of the molecule is CN(Cc1c(Cl)cccc1Cl)C(=O)[C@H]1CNC[C@@H]1c1cnn(C)c1.Cl. The van der Waals surface area contributed by atoms with E-state index in [2.05, 4.69) is 10.4 Å². The first-order valence-corrected chi connectivity index (χ1v) is 8.60. The van der Waals surface area contributed by atoms with Crippen LogP contribution in [-0.2, 0) is 18.4 Å². The van der Waals surface area contributed by atoms with Gasteiger partial charge in [-0.05, 0) is 17.7 Å². The van der Waals surface area contributed by atoms with Crippen molar-refractivity contribution in [1.29, 1.82) is 0 Å². The Labute approximate surface area is 163 Å². The van der Waals surface area contributed by atoms with Crippen molar-refractivity contribution < 1.29 is 4.79 Å². The Morgan fingerprint density at radius 3 is 2.64 bits per heavy atom. The predicted molar refractivity (Wildman–Crippen MR) is 102 cm³/mol. The number of nitrogens with zero attached hydrogens (tertiary/aromatic N) is 3. The highest BCUT2D eigenvalue weighted by Crippen LogP contribution is 2.31. The summed E-state index contributed by atoms with van der Waals surface area (Å²) in [7, 11) is 3.68. The average molecular weight is 404 g/mol. The van der Waals surface area contributed by atoms with Gasteiger partial charge in [0, 0.05) is 61.5 Å². The summed E-state index contributed by atoms with van der Waals surface area (Å²) in [5.41, 5.74) is 1.87. The van der Waals surface area contributed by atoms with Crippen molar-refractivity contribution >= 4 is 41.5 Å². The van der Waals surface area contributed by atoms with Crippen LogP contribution in [0.5, 0.6) is 0 Å². The summed E-state index contributed by atoms with van der Waals surface area (Å²) < 4.78 is 1.77. The minimum Gasteiger partial charge on any atom is -0.341 e. The number of rotatable bonds is 4. The predicted octanol–water partition coefficient (Wildman–Crippen LogP) is 3.11. The molecule has 3 rings (SSSR count). The molecule has 0 saturated carbocycles. The third kappa shape index (κ3) is 4.29. The zero-order valence-corrected chi connectivity index (χ0v) is 16.4. The van der Waals surface area contributed by atoms with E-state index in [9.17, 15) is 4.79 Å². The maximum absolute atomic E-state index is 12.9. The molecule has 1 amide bonds. The van der Waals surface area contributed by atoms with Gasteiger partial charge >= 0.3 is 0 Å². The van der Waals surface area contributed by atoms with Crippen LogP contribution in [0.15, 0.2) is 30.6 Å².